The third kappa shape index (κ3) is 3.83. The van der Waals surface area contributed by atoms with Crippen LogP contribution in [-0.4, -0.2) is 19.3 Å². The molecule has 0 aliphatic carbocycles. The first-order valence-corrected chi connectivity index (χ1v) is 9.95. The fourth-order valence-electron chi connectivity index (χ4n) is 3.47. The van der Waals surface area contributed by atoms with Gasteiger partial charge in [0.1, 0.15) is 6.54 Å². The first-order valence-electron chi connectivity index (χ1n) is 9.95. The zero-order valence-corrected chi connectivity index (χ0v) is 17.3. The number of alkyl halides is 3. The lowest BCUT2D eigenvalue weighted by Crippen LogP contribution is -2.41. The molecule has 2 heterocycles. The smallest absolute Gasteiger partial charge is 0.337 e. The van der Waals surface area contributed by atoms with E-state index < -0.39 is 17.4 Å². The van der Waals surface area contributed by atoms with Crippen LogP contribution in [0, 0.1) is 0 Å². The molecule has 0 fully saturated rings. The highest BCUT2D eigenvalue weighted by Gasteiger charge is 2.30. The van der Waals surface area contributed by atoms with Crippen molar-refractivity contribution in [2.45, 2.75) is 39.0 Å². The number of hydrogen-bond donors (Lipinski definition) is 0. The average molecular weight is 444 g/mol. The van der Waals surface area contributed by atoms with Gasteiger partial charge in [-0.2, -0.15) is 18.2 Å². The van der Waals surface area contributed by atoms with Gasteiger partial charge in [-0.1, -0.05) is 36.3 Å². The van der Waals surface area contributed by atoms with Crippen molar-refractivity contribution < 1.29 is 17.7 Å². The topological polar surface area (TPSA) is 82.9 Å². The van der Waals surface area contributed by atoms with Crippen molar-refractivity contribution in [2.24, 2.45) is 0 Å². The van der Waals surface area contributed by atoms with E-state index in [1.807, 2.05) is 6.92 Å². The molecule has 0 amide bonds. The van der Waals surface area contributed by atoms with E-state index in [2.05, 4.69) is 10.1 Å². The fraction of sp³-hybridized carbons (Fsp3) is 0.273. The number of aromatic nitrogens is 4. The quantitative estimate of drug-likeness (QED) is 0.460. The molecule has 2 aromatic carbocycles. The first kappa shape index (κ1) is 21.5. The third-order valence-corrected chi connectivity index (χ3v) is 5.32. The van der Waals surface area contributed by atoms with Gasteiger partial charge < -0.3 is 4.52 Å². The van der Waals surface area contributed by atoms with Crippen molar-refractivity contribution in [1.82, 2.24) is 19.3 Å². The molecule has 0 bridgehead atoms. The van der Waals surface area contributed by atoms with Gasteiger partial charge in [-0.05, 0) is 37.6 Å². The van der Waals surface area contributed by atoms with Crippen molar-refractivity contribution in [3.8, 4) is 11.4 Å². The van der Waals surface area contributed by atoms with Crippen molar-refractivity contribution in [1.29, 1.82) is 0 Å². The minimum Gasteiger partial charge on any atom is -0.337 e. The van der Waals surface area contributed by atoms with E-state index in [-0.39, 0.29) is 35.4 Å². The lowest BCUT2D eigenvalue weighted by molar-refractivity contribution is -0.137. The zero-order chi connectivity index (χ0) is 23.0. The maximum atomic E-state index is 13.2. The lowest BCUT2D eigenvalue weighted by Gasteiger charge is -2.16. The van der Waals surface area contributed by atoms with Gasteiger partial charge in [-0.3, -0.25) is 13.9 Å². The molecule has 4 rings (SSSR count). The highest BCUT2D eigenvalue weighted by atomic mass is 19.4. The van der Waals surface area contributed by atoms with Gasteiger partial charge in [0.25, 0.3) is 5.56 Å². The third-order valence-electron chi connectivity index (χ3n) is 5.32. The van der Waals surface area contributed by atoms with Crippen molar-refractivity contribution in [2.75, 3.05) is 0 Å². The molecule has 10 heteroatoms. The van der Waals surface area contributed by atoms with Crippen LogP contribution in [0.4, 0.5) is 13.2 Å². The molecule has 1 atom stereocenters. The fourth-order valence-corrected chi connectivity index (χ4v) is 3.47. The number of hydrogen-bond acceptors (Lipinski definition) is 5. The van der Waals surface area contributed by atoms with E-state index in [1.54, 1.807) is 31.2 Å². The number of rotatable bonds is 5. The second-order valence-corrected chi connectivity index (χ2v) is 7.41. The Morgan fingerprint density at radius 3 is 2.56 bits per heavy atom. The highest BCUT2D eigenvalue weighted by molar-refractivity contribution is 5.77. The summed E-state index contributed by atoms with van der Waals surface area (Å²) in [5.74, 6) is -0.00211. The Morgan fingerprint density at radius 2 is 1.84 bits per heavy atom. The van der Waals surface area contributed by atoms with Crippen molar-refractivity contribution >= 4 is 10.9 Å². The summed E-state index contributed by atoms with van der Waals surface area (Å²) in [6.07, 6.45) is -3.92. The predicted octanol–water partition coefficient (Wildman–Crippen LogP) is 4.25. The standard InChI is InChI=1S/C22H19F3N4O3/c1-3-13(2)29-20(30)16-9-4-5-10-17(16)28(21(29)31)12-18-26-19(27-32-18)14-7-6-8-15(11-14)22(23,24)25/h4-11,13H,3,12H2,1-2H3/t13-/m1/s1. The summed E-state index contributed by atoms with van der Waals surface area (Å²) >= 11 is 0. The molecule has 0 aliphatic heterocycles. The van der Waals surface area contributed by atoms with E-state index in [9.17, 15) is 22.8 Å². The number of fused-ring (bicyclic) bond motifs is 1. The summed E-state index contributed by atoms with van der Waals surface area (Å²) in [6.45, 7) is 3.51. The molecule has 32 heavy (non-hydrogen) atoms. The number of benzene rings is 2. The van der Waals surface area contributed by atoms with Gasteiger partial charge >= 0.3 is 11.9 Å². The maximum Gasteiger partial charge on any atom is 0.416 e. The van der Waals surface area contributed by atoms with Crippen LogP contribution in [0.25, 0.3) is 22.3 Å². The van der Waals surface area contributed by atoms with Crippen molar-refractivity contribution in [3.63, 3.8) is 0 Å². The van der Waals surface area contributed by atoms with Crippen LogP contribution in [0.5, 0.6) is 0 Å². The van der Waals surface area contributed by atoms with Crippen LogP contribution in [0.15, 0.2) is 62.6 Å². The van der Waals surface area contributed by atoms with Crippen LogP contribution in [-0.2, 0) is 12.7 Å². The van der Waals surface area contributed by atoms with E-state index in [4.69, 9.17) is 4.52 Å². The van der Waals surface area contributed by atoms with E-state index in [1.165, 1.54) is 21.3 Å². The van der Waals surface area contributed by atoms with E-state index in [0.717, 1.165) is 12.1 Å². The molecule has 0 saturated heterocycles. The molecule has 7 nitrogen and oxygen atoms in total. The van der Waals surface area contributed by atoms with Crippen LogP contribution >= 0.6 is 0 Å². The van der Waals surface area contributed by atoms with Crippen molar-refractivity contribution in [3.05, 3.63) is 80.8 Å². The summed E-state index contributed by atoms with van der Waals surface area (Å²) in [7, 11) is 0. The molecule has 0 saturated carbocycles. The molecule has 4 aromatic rings. The largest absolute Gasteiger partial charge is 0.416 e. The van der Waals surface area contributed by atoms with Crippen LogP contribution in [0.2, 0.25) is 0 Å². The minimum atomic E-state index is -4.50. The average Bonchev–Trinajstić information content (AvgIpc) is 3.25. The van der Waals surface area contributed by atoms with Gasteiger partial charge in [0.15, 0.2) is 0 Å². The Balaban J connectivity index is 1.78. The minimum absolute atomic E-state index is 0.0269. The van der Waals surface area contributed by atoms with E-state index >= 15 is 0 Å². The second-order valence-electron chi connectivity index (χ2n) is 7.41. The summed E-state index contributed by atoms with van der Waals surface area (Å²) in [6, 6.07) is 10.9. The van der Waals surface area contributed by atoms with Gasteiger partial charge in [0.05, 0.1) is 16.5 Å². The molecular formula is C22H19F3N4O3. The summed E-state index contributed by atoms with van der Waals surface area (Å²) in [5.41, 5.74) is -1.20. The Morgan fingerprint density at radius 1 is 1.09 bits per heavy atom. The zero-order valence-electron chi connectivity index (χ0n) is 17.3. The molecule has 166 valence electrons. The second kappa shape index (κ2) is 8.10. The Hall–Kier alpha value is -3.69. The summed E-state index contributed by atoms with van der Waals surface area (Å²) < 4.78 is 46.8. The normalized spacial score (nSPS) is 12.9. The maximum absolute atomic E-state index is 13.2. The molecule has 0 N–H and O–H groups in total. The summed E-state index contributed by atoms with van der Waals surface area (Å²) in [4.78, 5) is 30.2. The van der Waals surface area contributed by atoms with Gasteiger partial charge in [-0.25, -0.2) is 4.79 Å². The monoisotopic (exact) mass is 444 g/mol. The number of halogens is 3. The molecule has 0 unspecified atom stereocenters. The van der Waals surface area contributed by atoms with Crippen LogP contribution < -0.4 is 11.2 Å². The first-order chi connectivity index (χ1) is 15.2. The van der Waals surface area contributed by atoms with Crippen LogP contribution in [0.3, 0.4) is 0 Å². The Labute approximate surface area is 179 Å². The van der Waals surface area contributed by atoms with Gasteiger partial charge in [0, 0.05) is 11.6 Å². The molecule has 0 radical (unpaired) electrons. The SMILES string of the molecule is CC[C@@H](C)n1c(=O)c2ccccc2n(Cc2nc(-c3cccc(C(F)(F)F)c3)no2)c1=O. The number of para-hydroxylation sites is 1. The molecule has 2 aromatic heterocycles. The lowest BCUT2D eigenvalue weighted by atomic mass is 10.1. The van der Waals surface area contributed by atoms with E-state index in [0.29, 0.717) is 17.3 Å². The summed E-state index contributed by atoms with van der Waals surface area (Å²) in [5, 5.41) is 4.14. The van der Waals surface area contributed by atoms with Gasteiger partial charge in [-0.15, -0.1) is 0 Å². The Bertz CT molecular complexity index is 1400. The Kier molecular flexibility index (Phi) is 5.45. The number of nitrogens with zero attached hydrogens (tertiary/aromatic N) is 4. The predicted molar refractivity (Wildman–Crippen MR) is 111 cm³/mol. The molecule has 0 aliphatic rings. The van der Waals surface area contributed by atoms with Gasteiger partial charge in [0.2, 0.25) is 11.7 Å². The highest BCUT2D eigenvalue weighted by Crippen LogP contribution is 2.31. The van der Waals surface area contributed by atoms with Crippen LogP contribution in [0.1, 0.15) is 37.8 Å². The molecule has 0 spiro atoms. The molecular weight excluding hydrogens is 425 g/mol.